The highest BCUT2D eigenvalue weighted by atomic mass is 16.5. The number of nitrogens with zero attached hydrogens (tertiary/aromatic N) is 3. The molecule has 2 aromatic heterocycles. The molecule has 4 aromatic rings. The SMILES string of the molecule is COC(=O)c1ccc2nc(-c3ccccc3)n(-c3ccccn3)c2c1. The summed E-state index contributed by atoms with van der Waals surface area (Å²) < 4.78 is 6.79. The van der Waals surface area contributed by atoms with Crippen LogP contribution in [0.1, 0.15) is 10.4 Å². The molecule has 122 valence electrons. The first-order valence-corrected chi connectivity index (χ1v) is 7.85. The van der Waals surface area contributed by atoms with Gasteiger partial charge in [-0.25, -0.2) is 14.8 Å². The molecule has 0 fully saturated rings. The third kappa shape index (κ3) is 2.65. The maximum Gasteiger partial charge on any atom is 0.337 e. The summed E-state index contributed by atoms with van der Waals surface area (Å²) >= 11 is 0. The first kappa shape index (κ1) is 15.1. The summed E-state index contributed by atoms with van der Waals surface area (Å²) in [5, 5.41) is 0. The van der Waals surface area contributed by atoms with Crippen LogP contribution in [0.25, 0.3) is 28.2 Å². The molecule has 5 nitrogen and oxygen atoms in total. The van der Waals surface area contributed by atoms with Crippen molar-refractivity contribution in [2.45, 2.75) is 0 Å². The van der Waals surface area contributed by atoms with Gasteiger partial charge in [-0.05, 0) is 30.3 Å². The number of benzene rings is 2. The van der Waals surface area contributed by atoms with Crippen molar-refractivity contribution < 1.29 is 9.53 Å². The molecule has 0 unspecified atom stereocenters. The second-order valence-corrected chi connectivity index (χ2v) is 5.52. The van der Waals surface area contributed by atoms with Crippen LogP contribution in [0.15, 0.2) is 72.9 Å². The molecule has 0 radical (unpaired) electrons. The van der Waals surface area contributed by atoms with Crippen molar-refractivity contribution in [3.05, 3.63) is 78.5 Å². The number of rotatable bonds is 3. The Labute approximate surface area is 144 Å². The number of hydrogen-bond donors (Lipinski definition) is 0. The van der Waals surface area contributed by atoms with E-state index in [2.05, 4.69) is 4.98 Å². The molecule has 0 amide bonds. The highest BCUT2D eigenvalue weighted by Gasteiger charge is 2.17. The van der Waals surface area contributed by atoms with Crippen molar-refractivity contribution in [3.63, 3.8) is 0 Å². The predicted octanol–water partition coefficient (Wildman–Crippen LogP) is 3.87. The highest BCUT2D eigenvalue weighted by molar-refractivity contribution is 5.95. The van der Waals surface area contributed by atoms with Gasteiger partial charge >= 0.3 is 5.97 Å². The molecule has 5 heteroatoms. The van der Waals surface area contributed by atoms with Crippen LogP contribution < -0.4 is 0 Å². The van der Waals surface area contributed by atoms with Crippen LogP contribution in [0.5, 0.6) is 0 Å². The lowest BCUT2D eigenvalue weighted by Gasteiger charge is -2.08. The first-order valence-electron chi connectivity index (χ1n) is 7.85. The van der Waals surface area contributed by atoms with E-state index in [1.165, 1.54) is 7.11 Å². The van der Waals surface area contributed by atoms with Gasteiger partial charge in [0.15, 0.2) is 0 Å². The van der Waals surface area contributed by atoms with Crippen molar-refractivity contribution in [1.29, 1.82) is 0 Å². The quantitative estimate of drug-likeness (QED) is 0.535. The van der Waals surface area contributed by atoms with Crippen molar-refractivity contribution in [2.75, 3.05) is 7.11 Å². The molecule has 2 heterocycles. The Balaban J connectivity index is 2.03. The van der Waals surface area contributed by atoms with Crippen molar-refractivity contribution >= 4 is 17.0 Å². The van der Waals surface area contributed by atoms with E-state index in [0.29, 0.717) is 5.56 Å². The average Bonchev–Trinajstić information content (AvgIpc) is 3.07. The molecule has 0 saturated carbocycles. The van der Waals surface area contributed by atoms with E-state index < -0.39 is 0 Å². The molecule has 2 aromatic carbocycles. The standard InChI is InChI=1S/C20H15N3O2/c1-25-20(24)15-10-11-16-17(13-15)23(18-9-5-6-12-21-18)19(22-16)14-7-3-2-4-8-14/h2-13H,1H3. The number of imidazole rings is 1. The van der Waals surface area contributed by atoms with E-state index in [0.717, 1.165) is 28.2 Å². The highest BCUT2D eigenvalue weighted by Crippen LogP contribution is 2.28. The number of methoxy groups -OCH3 is 1. The van der Waals surface area contributed by atoms with Gasteiger partial charge in [0.25, 0.3) is 0 Å². The molecule has 25 heavy (non-hydrogen) atoms. The number of pyridine rings is 1. The minimum Gasteiger partial charge on any atom is -0.465 e. The van der Waals surface area contributed by atoms with Crippen LogP contribution in [-0.4, -0.2) is 27.6 Å². The minimum atomic E-state index is -0.378. The van der Waals surface area contributed by atoms with Crippen LogP contribution in [0.3, 0.4) is 0 Å². The maximum atomic E-state index is 11.9. The van der Waals surface area contributed by atoms with Gasteiger partial charge in [-0.1, -0.05) is 36.4 Å². The number of carbonyl (C=O) groups excluding carboxylic acids is 1. The summed E-state index contributed by atoms with van der Waals surface area (Å²) in [7, 11) is 1.37. The second kappa shape index (κ2) is 6.20. The molecular formula is C20H15N3O2. The van der Waals surface area contributed by atoms with E-state index in [-0.39, 0.29) is 5.97 Å². The lowest BCUT2D eigenvalue weighted by molar-refractivity contribution is 0.0601. The van der Waals surface area contributed by atoms with Crippen molar-refractivity contribution in [3.8, 4) is 17.2 Å². The number of ether oxygens (including phenoxy) is 1. The summed E-state index contributed by atoms with van der Waals surface area (Å²) in [6.07, 6.45) is 1.74. The van der Waals surface area contributed by atoms with Crippen LogP contribution in [-0.2, 0) is 4.74 Å². The van der Waals surface area contributed by atoms with Gasteiger partial charge in [-0.15, -0.1) is 0 Å². The summed E-state index contributed by atoms with van der Waals surface area (Å²) in [4.78, 5) is 21.1. The molecule has 0 aliphatic carbocycles. The van der Waals surface area contributed by atoms with Crippen LogP contribution in [0, 0.1) is 0 Å². The van der Waals surface area contributed by atoms with Crippen LogP contribution in [0.2, 0.25) is 0 Å². The monoisotopic (exact) mass is 329 g/mol. The number of aromatic nitrogens is 3. The van der Waals surface area contributed by atoms with Gasteiger partial charge in [0.2, 0.25) is 0 Å². The topological polar surface area (TPSA) is 57.0 Å². The van der Waals surface area contributed by atoms with E-state index in [1.807, 2.05) is 59.2 Å². The minimum absolute atomic E-state index is 0.378. The van der Waals surface area contributed by atoms with Gasteiger partial charge in [0.1, 0.15) is 11.6 Å². The zero-order valence-electron chi connectivity index (χ0n) is 13.6. The van der Waals surface area contributed by atoms with Gasteiger partial charge in [-0.2, -0.15) is 0 Å². The Bertz CT molecular complexity index is 1040. The largest absolute Gasteiger partial charge is 0.465 e. The number of fused-ring (bicyclic) bond motifs is 1. The molecule has 0 atom stereocenters. The maximum absolute atomic E-state index is 11.9. The third-order valence-corrected chi connectivity index (χ3v) is 3.99. The summed E-state index contributed by atoms with van der Waals surface area (Å²) in [5.74, 6) is 1.14. The molecule has 0 spiro atoms. The fourth-order valence-electron chi connectivity index (χ4n) is 2.82. The zero-order chi connectivity index (χ0) is 17.2. The van der Waals surface area contributed by atoms with E-state index >= 15 is 0 Å². The predicted molar refractivity (Wildman–Crippen MR) is 95.6 cm³/mol. The molecule has 0 aliphatic rings. The lowest BCUT2D eigenvalue weighted by Crippen LogP contribution is -2.03. The summed E-state index contributed by atoms with van der Waals surface area (Å²) in [6, 6.07) is 20.9. The fraction of sp³-hybridized carbons (Fsp3) is 0.0500. The van der Waals surface area contributed by atoms with Gasteiger partial charge < -0.3 is 4.74 Å². The smallest absolute Gasteiger partial charge is 0.337 e. The molecule has 0 saturated heterocycles. The third-order valence-electron chi connectivity index (χ3n) is 3.99. The molecule has 0 aliphatic heterocycles. The van der Waals surface area contributed by atoms with Gasteiger partial charge in [-0.3, -0.25) is 4.57 Å². The fourth-order valence-corrected chi connectivity index (χ4v) is 2.82. The van der Waals surface area contributed by atoms with E-state index in [9.17, 15) is 4.79 Å². The van der Waals surface area contributed by atoms with E-state index in [1.54, 1.807) is 18.3 Å². The average molecular weight is 329 g/mol. The summed E-state index contributed by atoms with van der Waals surface area (Å²) in [5.41, 5.74) is 3.05. The normalized spacial score (nSPS) is 10.8. The number of carbonyl (C=O) groups is 1. The molecular weight excluding hydrogens is 314 g/mol. The second-order valence-electron chi connectivity index (χ2n) is 5.52. The van der Waals surface area contributed by atoms with E-state index in [4.69, 9.17) is 9.72 Å². The number of hydrogen-bond acceptors (Lipinski definition) is 4. The molecule has 0 bridgehead atoms. The van der Waals surface area contributed by atoms with Gasteiger partial charge in [0.05, 0.1) is 23.7 Å². The summed E-state index contributed by atoms with van der Waals surface area (Å²) in [6.45, 7) is 0. The van der Waals surface area contributed by atoms with Crippen LogP contribution >= 0.6 is 0 Å². The Morgan fingerprint density at radius 3 is 2.52 bits per heavy atom. The van der Waals surface area contributed by atoms with Crippen molar-refractivity contribution in [2.24, 2.45) is 0 Å². The lowest BCUT2D eigenvalue weighted by atomic mass is 10.2. The Kier molecular flexibility index (Phi) is 3.74. The molecule has 4 rings (SSSR count). The van der Waals surface area contributed by atoms with Crippen molar-refractivity contribution in [1.82, 2.24) is 14.5 Å². The first-order chi connectivity index (χ1) is 12.3. The Morgan fingerprint density at radius 1 is 1.00 bits per heavy atom. The number of esters is 1. The van der Waals surface area contributed by atoms with Crippen LogP contribution in [0.4, 0.5) is 0 Å². The Morgan fingerprint density at radius 2 is 1.80 bits per heavy atom. The van der Waals surface area contributed by atoms with Gasteiger partial charge in [0, 0.05) is 11.8 Å². The zero-order valence-corrected chi connectivity index (χ0v) is 13.6. The Hall–Kier alpha value is -3.47. The molecule has 0 N–H and O–H groups in total.